The van der Waals surface area contributed by atoms with Crippen molar-refractivity contribution < 1.29 is 9.72 Å². The molecular weight excluding hydrogens is 430 g/mol. The predicted molar refractivity (Wildman–Crippen MR) is 122 cm³/mol. The molecule has 3 aromatic carbocycles. The van der Waals surface area contributed by atoms with Crippen molar-refractivity contribution in [3.8, 4) is 16.9 Å². The molecule has 1 amide bonds. The predicted octanol–water partition coefficient (Wildman–Crippen LogP) is 4.86. The monoisotopic (exact) mass is 445 g/mol. The minimum Gasteiger partial charge on any atom is -0.267 e. The summed E-state index contributed by atoms with van der Waals surface area (Å²) in [4.78, 5) is 23.3. The first-order chi connectivity index (χ1) is 15.5. The molecular formula is C23H16ClN5O3. The smallest absolute Gasteiger partial charge is 0.267 e. The second-order valence-electron chi connectivity index (χ2n) is 6.70. The third-order valence-corrected chi connectivity index (χ3v) is 4.93. The highest BCUT2D eigenvalue weighted by molar-refractivity contribution is 6.33. The fraction of sp³-hybridized carbons (Fsp3) is 0. The van der Waals surface area contributed by atoms with E-state index in [1.807, 2.05) is 60.7 Å². The van der Waals surface area contributed by atoms with Crippen molar-refractivity contribution in [3.63, 3.8) is 0 Å². The minimum absolute atomic E-state index is 0.127. The Morgan fingerprint density at radius 1 is 1.06 bits per heavy atom. The summed E-state index contributed by atoms with van der Waals surface area (Å²) >= 11 is 6.07. The van der Waals surface area contributed by atoms with Crippen LogP contribution in [0.5, 0.6) is 0 Å². The van der Waals surface area contributed by atoms with Gasteiger partial charge >= 0.3 is 0 Å². The van der Waals surface area contributed by atoms with Crippen LogP contribution in [0, 0.1) is 10.1 Å². The van der Waals surface area contributed by atoms with E-state index < -0.39 is 10.8 Å². The molecule has 0 atom stereocenters. The van der Waals surface area contributed by atoms with Crippen LogP contribution in [-0.2, 0) is 0 Å². The molecule has 1 heterocycles. The number of para-hydroxylation sites is 1. The van der Waals surface area contributed by atoms with Gasteiger partial charge in [-0.15, -0.1) is 0 Å². The van der Waals surface area contributed by atoms with Crippen molar-refractivity contribution in [3.05, 3.63) is 111 Å². The van der Waals surface area contributed by atoms with Crippen molar-refractivity contribution in [2.45, 2.75) is 0 Å². The van der Waals surface area contributed by atoms with Gasteiger partial charge in [-0.1, -0.05) is 60.1 Å². The van der Waals surface area contributed by atoms with E-state index in [0.717, 1.165) is 11.3 Å². The number of nitro groups is 1. The Morgan fingerprint density at radius 2 is 1.75 bits per heavy atom. The van der Waals surface area contributed by atoms with Gasteiger partial charge in [0.25, 0.3) is 11.6 Å². The number of nitrogens with one attached hydrogen (secondary N) is 1. The maximum absolute atomic E-state index is 12.9. The lowest BCUT2D eigenvalue weighted by Gasteiger charge is -2.02. The maximum atomic E-state index is 12.9. The van der Waals surface area contributed by atoms with E-state index in [0.29, 0.717) is 16.8 Å². The number of halogens is 1. The van der Waals surface area contributed by atoms with E-state index in [1.54, 1.807) is 10.9 Å². The Bertz CT molecular complexity index is 1300. The van der Waals surface area contributed by atoms with E-state index in [2.05, 4.69) is 15.6 Å². The van der Waals surface area contributed by atoms with Gasteiger partial charge in [0, 0.05) is 34.5 Å². The lowest BCUT2D eigenvalue weighted by molar-refractivity contribution is -0.384. The zero-order valence-electron chi connectivity index (χ0n) is 16.6. The van der Waals surface area contributed by atoms with Gasteiger partial charge < -0.3 is 0 Å². The molecule has 0 unspecified atom stereocenters. The van der Waals surface area contributed by atoms with Crippen molar-refractivity contribution >= 4 is 29.4 Å². The van der Waals surface area contributed by atoms with Gasteiger partial charge in [-0.25, -0.2) is 10.1 Å². The van der Waals surface area contributed by atoms with Gasteiger partial charge in [-0.05, 0) is 18.2 Å². The van der Waals surface area contributed by atoms with Gasteiger partial charge in [0.1, 0.15) is 5.69 Å². The molecule has 9 heteroatoms. The molecule has 1 N–H and O–H groups in total. The normalized spacial score (nSPS) is 10.9. The zero-order valence-corrected chi connectivity index (χ0v) is 17.3. The van der Waals surface area contributed by atoms with Crippen LogP contribution in [0.2, 0.25) is 5.02 Å². The number of aromatic nitrogens is 2. The number of hydrazone groups is 1. The molecule has 0 aliphatic carbocycles. The van der Waals surface area contributed by atoms with Gasteiger partial charge in [0.05, 0.1) is 22.4 Å². The quantitative estimate of drug-likeness (QED) is 0.260. The summed E-state index contributed by atoms with van der Waals surface area (Å²) in [6, 6.07) is 22.7. The Morgan fingerprint density at radius 3 is 2.44 bits per heavy atom. The van der Waals surface area contributed by atoms with Crippen LogP contribution in [0.4, 0.5) is 5.69 Å². The first-order valence-electron chi connectivity index (χ1n) is 9.51. The number of carbonyl (C=O) groups is 1. The third-order valence-electron chi connectivity index (χ3n) is 4.59. The zero-order chi connectivity index (χ0) is 22.5. The number of rotatable bonds is 6. The van der Waals surface area contributed by atoms with Crippen molar-refractivity contribution in [2.24, 2.45) is 5.10 Å². The lowest BCUT2D eigenvalue weighted by atomic mass is 10.1. The van der Waals surface area contributed by atoms with Crippen LogP contribution in [-0.4, -0.2) is 26.8 Å². The Hall–Kier alpha value is -4.30. The Labute approximate surface area is 187 Å². The summed E-state index contributed by atoms with van der Waals surface area (Å²) < 4.78 is 1.62. The molecule has 0 aliphatic rings. The summed E-state index contributed by atoms with van der Waals surface area (Å²) in [6.45, 7) is 0. The Kier molecular flexibility index (Phi) is 6.05. The highest BCUT2D eigenvalue weighted by Gasteiger charge is 2.18. The molecule has 4 aromatic rings. The van der Waals surface area contributed by atoms with Crippen molar-refractivity contribution in [1.82, 2.24) is 15.2 Å². The van der Waals surface area contributed by atoms with E-state index in [4.69, 9.17) is 11.6 Å². The summed E-state index contributed by atoms with van der Waals surface area (Å²) in [5, 5.41) is 19.8. The molecule has 1 aromatic heterocycles. The van der Waals surface area contributed by atoms with E-state index >= 15 is 0 Å². The number of non-ortho nitro benzene ring substituents is 1. The summed E-state index contributed by atoms with van der Waals surface area (Å²) in [6.07, 6.45) is 2.89. The second-order valence-corrected chi connectivity index (χ2v) is 7.11. The molecule has 32 heavy (non-hydrogen) atoms. The number of hydrogen-bond acceptors (Lipinski definition) is 5. The number of hydrogen-bond donors (Lipinski definition) is 1. The Balaban J connectivity index is 1.63. The number of carbonyl (C=O) groups excluding carboxylic acids is 1. The molecule has 0 fully saturated rings. The molecule has 4 rings (SSSR count). The fourth-order valence-corrected chi connectivity index (χ4v) is 3.19. The standard InChI is InChI=1S/C23H16ClN5O3/c24-21-12-11-19(29(31)32)13-17(21)14-25-26-23(30)20-15-28(18-9-5-2-6-10-18)27-22(20)16-7-3-1-4-8-16/h1-15H,(H,26,30)/b25-14+. The molecule has 0 saturated carbocycles. The second kappa shape index (κ2) is 9.23. The van der Waals surface area contributed by atoms with Gasteiger partial charge in [0.2, 0.25) is 0 Å². The summed E-state index contributed by atoms with van der Waals surface area (Å²) in [7, 11) is 0. The minimum atomic E-state index is -0.531. The number of nitrogens with zero attached hydrogens (tertiary/aromatic N) is 4. The van der Waals surface area contributed by atoms with Crippen LogP contribution in [0.15, 0.2) is 90.2 Å². The van der Waals surface area contributed by atoms with E-state index in [9.17, 15) is 14.9 Å². The van der Waals surface area contributed by atoms with Crippen molar-refractivity contribution in [1.29, 1.82) is 0 Å². The molecule has 0 bridgehead atoms. The van der Waals surface area contributed by atoms with Crippen LogP contribution in [0.1, 0.15) is 15.9 Å². The van der Waals surface area contributed by atoms with Crippen LogP contribution in [0.3, 0.4) is 0 Å². The van der Waals surface area contributed by atoms with E-state index in [1.165, 1.54) is 24.4 Å². The third kappa shape index (κ3) is 4.55. The molecule has 0 aliphatic heterocycles. The van der Waals surface area contributed by atoms with E-state index in [-0.39, 0.29) is 10.7 Å². The highest BCUT2D eigenvalue weighted by atomic mass is 35.5. The van der Waals surface area contributed by atoms with Gasteiger partial charge in [0.15, 0.2) is 0 Å². The molecule has 0 saturated heterocycles. The maximum Gasteiger partial charge on any atom is 0.275 e. The van der Waals surface area contributed by atoms with Crippen LogP contribution in [0.25, 0.3) is 16.9 Å². The fourth-order valence-electron chi connectivity index (χ4n) is 3.03. The average molecular weight is 446 g/mol. The largest absolute Gasteiger partial charge is 0.275 e. The molecule has 0 spiro atoms. The number of benzene rings is 3. The summed E-state index contributed by atoms with van der Waals surface area (Å²) in [5.74, 6) is -0.483. The molecule has 158 valence electrons. The first kappa shape index (κ1) is 21.0. The topological polar surface area (TPSA) is 102 Å². The first-order valence-corrected chi connectivity index (χ1v) is 9.88. The molecule has 0 radical (unpaired) electrons. The van der Waals surface area contributed by atoms with Gasteiger partial charge in [-0.3, -0.25) is 14.9 Å². The van der Waals surface area contributed by atoms with Crippen LogP contribution >= 0.6 is 11.6 Å². The SMILES string of the molecule is O=C(N/N=C/c1cc([N+](=O)[O-])ccc1Cl)c1cn(-c2ccccc2)nc1-c1ccccc1. The van der Waals surface area contributed by atoms with Gasteiger partial charge in [-0.2, -0.15) is 10.2 Å². The average Bonchev–Trinajstić information content (AvgIpc) is 3.27. The highest BCUT2D eigenvalue weighted by Crippen LogP contribution is 2.24. The molecule has 8 nitrogen and oxygen atoms in total. The summed E-state index contributed by atoms with van der Waals surface area (Å²) in [5.41, 5.74) is 5.02. The van der Waals surface area contributed by atoms with Crippen LogP contribution < -0.4 is 5.43 Å². The lowest BCUT2D eigenvalue weighted by Crippen LogP contribution is -2.18. The number of nitro benzene ring substituents is 1. The van der Waals surface area contributed by atoms with Crippen molar-refractivity contribution in [2.75, 3.05) is 0 Å². The number of amides is 1.